The van der Waals surface area contributed by atoms with Crippen molar-refractivity contribution in [3.8, 4) is 0 Å². The fourth-order valence-corrected chi connectivity index (χ4v) is 4.28. The van der Waals surface area contributed by atoms with Gasteiger partial charge in [0, 0.05) is 48.3 Å². The SMILES string of the molecule is CNc1nc(NCCN2CCc3c([nH]c4ccc(Cl)cc34)C2CO)ccc1Cl. The first kappa shape index (κ1) is 19.3. The first-order valence-corrected chi connectivity index (χ1v) is 10.1. The molecule has 0 spiro atoms. The Morgan fingerprint density at radius 2 is 2.14 bits per heavy atom. The summed E-state index contributed by atoms with van der Waals surface area (Å²) in [6.45, 7) is 2.46. The first-order valence-electron chi connectivity index (χ1n) is 9.33. The lowest BCUT2D eigenvalue weighted by atomic mass is 9.97. The average molecular weight is 420 g/mol. The smallest absolute Gasteiger partial charge is 0.146 e. The standard InChI is InChI=1S/C20H23Cl2N5O/c1-23-20-15(22)3-5-18(26-20)24-7-9-27-8-6-13-14-10-12(21)2-4-16(14)25-19(13)17(27)11-28/h2-5,10,17,25,28H,6-9,11H2,1H3,(H2,23,24,26). The fourth-order valence-electron chi connectivity index (χ4n) is 3.91. The molecular formula is C20H23Cl2N5O. The molecule has 3 aromatic rings. The highest BCUT2D eigenvalue weighted by Crippen LogP contribution is 2.35. The lowest BCUT2D eigenvalue weighted by Gasteiger charge is -2.34. The second-order valence-corrected chi connectivity index (χ2v) is 7.74. The highest BCUT2D eigenvalue weighted by atomic mass is 35.5. The van der Waals surface area contributed by atoms with E-state index in [9.17, 15) is 5.11 Å². The number of nitrogens with one attached hydrogen (secondary N) is 3. The molecule has 3 heterocycles. The van der Waals surface area contributed by atoms with Crippen LogP contribution >= 0.6 is 23.2 Å². The van der Waals surface area contributed by atoms with E-state index in [4.69, 9.17) is 23.2 Å². The Labute approximate surface area is 173 Å². The zero-order valence-electron chi connectivity index (χ0n) is 15.6. The van der Waals surface area contributed by atoms with Crippen LogP contribution in [0.5, 0.6) is 0 Å². The van der Waals surface area contributed by atoms with Gasteiger partial charge in [-0.05, 0) is 42.3 Å². The van der Waals surface area contributed by atoms with Crippen LogP contribution < -0.4 is 10.6 Å². The summed E-state index contributed by atoms with van der Waals surface area (Å²) in [4.78, 5) is 10.2. The maximum Gasteiger partial charge on any atom is 0.146 e. The fraction of sp³-hybridized carbons (Fsp3) is 0.350. The Morgan fingerprint density at radius 1 is 1.29 bits per heavy atom. The zero-order valence-corrected chi connectivity index (χ0v) is 17.1. The molecule has 0 fully saturated rings. The van der Waals surface area contributed by atoms with Crippen LogP contribution in [0.2, 0.25) is 10.0 Å². The maximum absolute atomic E-state index is 10.1. The number of halogens is 2. The van der Waals surface area contributed by atoms with Gasteiger partial charge in [-0.25, -0.2) is 4.98 Å². The molecule has 0 bridgehead atoms. The molecule has 1 aromatic carbocycles. The molecule has 0 aliphatic carbocycles. The quantitative estimate of drug-likeness (QED) is 0.487. The molecule has 2 aromatic heterocycles. The van der Waals surface area contributed by atoms with Gasteiger partial charge in [-0.3, -0.25) is 4.90 Å². The second kappa shape index (κ2) is 8.17. The number of aromatic amines is 1. The minimum Gasteiger partial charge on any atom is -0.394 e. The van der Waals surface area contributed by atoms with Crippen LogP contribution in [0.4, 0.5) is 11.6 Å². The van der Waals surface area contributed by atoms with Gasteiger partial charge in [0.15, 0.2) is 0 Å². The molecule has 8 heteroatoms. The lowest BCUT2D eigenvalue weighted by Crippen LogP contribution is -2.40. The molecule has 0 amide bonds. The van der Waals surface area contributed by atoms with Crippen LogP contribution in [-0.4, -0.2) is 53.3 Å². The molecule has 0 saturated carbocycles. The predicted molar refractivity (Wildman–Crippen MR) is 116 cm³/mol. The van der Waals surface area contributed by atoms with Crippen molar-refractivity contribution in [2.24, 2.45) is 0 Å². The third-order valence-electron chi connectivity index (χ3n) is 5.29. The van der Waals surface area contributed by atoms with Gasteiger partial charge in [0.2, 0.25) is 0 Å². The number of anilines is 2. The van der Waals surface area contributed by atoms with Gasteiger partial charge in [-0.1, -0.05) is 23.2 Å². The van der Waals surface area contributed by atoms with Crippen molar-refractivity contribution < 1.29 is 5.11 Å². The van der Waals surface area contributed by atoms with E-state index in [1.165, 1.54) is 5.56 Å². The number of pyridine rings is 1. The number of rotatable bonds is 6. The topological polar surface area (TPSA) is 76.2 Å². The van der Waals surface area contributed by atoms with E-state index in [1.54, 1.807) is 7.05 Å². The molecule has 4 rings (SSSR count). The van der Waals surface area contributed by atoms with Crippen molar-refractivity contribution in [1.82, 2.24) is 14.9 Å². The van der Waals surface area contributed by atoms with Gasteiger partial charge in [-0.15, -0.1) is 0 Å². The summed E-state index contributed by atoms with van der Waals surface area (Å²) in [6.07, 6.45) is 0.926. The van der Waals surface area contributed by atoms with E-state index in [2.05, 4.69) is 25.5 Å². The molecule has 148 valence electrons. The molecule has 1 aliphatic heterocycles. The summed E-state index contributed by atoms with van der Waals surface area (Å²) in [6, 6.07) is 9.53. The van der Waals surface area contributed by atoms with E-state index < -0.39 is 0 Å². The van der Waals surface area contributed by atoms with E-state index in [0.717, 1.165) is 53.5 Å². The minimum absolute atomic E-state index is 0.0530. The summed E-state index contributed by atoms with van der Waals surface area (Å²) < 4.78 is 0. The van der Waals surface area contributed by atoms with Crippen molar-refractivity contribution in [2.45, 2.75) is 12.5 Å². The molecule has 4 N–H and O–H groups in total. The van der Waals surface area contributed by atoms with Crippen LogP contribution in [0.15, 0.2) is 30.3 Å². The summed E-state index contributed by atoms with van der Waals surface area (Å²) in [7, 11) is 1.79. The summed E-state index contributed by atoms with van der Waals surface area (Å²) in [5.74, 6) is 1.42. The van der Waals surface area contributed by atoms with Crippen LogP contribution in [0.1, 0.15) is 17.3 Å². The van der Waals surface area contributed by atoms with Gasteiger partial charge in [0.25, 0.3) is 0 Å². The van der Waals surface area contributed by atoms with E-state index in [-0.39, 0.29) is 12.6 Å². The third-order valence-corrected chi connectivity index (χ3v) is 5.83. The lowest BCUT2D eigenvalue weighted by molar-refractivity contribution is 0.116. The van der Waals surface area contributed by atoms with Gasteiger partial charge >= 0.3 is 0 Å². The van der Waals surface area contributed by atoms with Crippen molar-refractivity contribution in [1.29, 1.82) is 0 Å². The van der Waals surface area contributed by atoms with Crippen LogP contribution in [-0.2, 0) is 6.42 Å². The van der Waals surface area contributed by atoms with Crippen molar-refractivity contribution in [2.75, 3.05) is 43.9 Å². The molecule has 1 atom stereocenters. The Hall–Kier alpha value is -1.99. The molecule has 0 saturated heterocycles. The number of aromatic nitrogens is 2. The highest BCUT2D eigenvalue weighted by molar-refractivity contribution is 6.33. The summed E-state index contributed by atoms with van der Waals surface area (Å²) in [5.41, 5.74) is 3.42. The number of hydrogen-bond acceptors (Lipinski definition) is 5. The monoisotopic (exact) mass is 419 g/mol. The highest BCUT2D eigenvalue weighted by Gasteiger charge is 2.29. The molecular weight excluding hydrogens is 397 g/mol. The predicted octanol–water partition coefficient (Wildman–Crippen LogP) is 3.92. The summed E-state index contributed by atoms with van der Waals surface area (Å²) >= 11 is 12.3. The van der Waals surface area contributed by atoms with Gasteiger partial charge < -0.3 is 20.7 Å². The Morgan fingerprint density at radius 3 is 2.93 bits per heavy atom. The van der Waals surface area contributed by atoms with E-state index in [1.807, 2.05) is 30.3 Å². The Bertz CT molecular complexity index is 990. The Kier molecular flexibility index (Phi) is 5.64. The van der Waals surface area contributed by atoms with E-state index >= 15 is 0 Å². The molecule has 6 nitrogen and oxygen atoms in total. The third kappa shape index (κ3) is 3.65. The van der Waals surface area contributed by atoms with Gasteiger partial charge in [0.05, 0.1) is 17.7 Å². The van der Waals surface area contributed by atoms with Crippen molar-refractivity contribution >= 4 is 45.7 Å². The molecule has 0 radical (unpaired) electrons. The van der Waals surface area contributed by atoms with Gasteiger partial charge in [0.1, 0.15) is 11.6 Å². The van der Waals surface area contributed by atoms with Crippen molar-refractivity contribution in [3.05, 3.63) is 51.6 Å². The molecule has 1 unspecified atom stereocenters. The number of hydrogen-bond donors (Lipinski definition) is 4. The van der Waals surface area contributed by atoms with Gasteiger partial charge in [-0.2, -0.15) is 0 Å². The number of H-pyrrole nitrogens is 1. The minimum atomic E-state index is -0.0530. The van der Waals surface area contributed by atoms with Crippen LogP contribution in [0.3, 0.4) is 0 Å². The number of nitrogens with zero attached hydrogens (tertiary/aromatic N) is 2. The van der Waals surface area contributed by atoms with Crippen LogP contribution in [0, 0.1) is 0 Å². The second-order valence-electron chi connectivity index (χ2n) is 6.90. The van der Waals surface area contributed by atoms with E-state index in [0.29, 0.717) is 10.8 Å². The largest absolute Gasteiger partial charge is 0.394 e. The molecule has 28 heavy (non-hydrogen) atoms. The number of benzene rings is 1. The van der Waals surface area contributed by atoms with Crippen molar-refractivity contribution in [3.63, 3.8) is 0 Å². The number of aliphatic hydroxyl groups is 1. The summed E-state index contributed by atoms with van der Waals surface area (Å²) in [5, 5.41) is 18.9. The average Bonchev–Trinajstić information content (AvgIpc) is 3.06. The number of aliphatic hydroxyl groups excluding tert-OH is 1. The Balaban J connectivity index is 1.47. The van der Waals surface area contributed by atoms with Crippen LogP contribution in [0.25, 0.3) is 10.9 Å². The maximum atomic E-state index is 10.1. The molecule has 1 aliphatic rings. The number of fused-ring (bicyclic) bond motifs is 3. The first-order chi connectivity index (χ1) is 13.6. The zero-order chi connectivity index (χ0) is 19.7. The normalized spacial score (nSPS) is 16.9.